The molecule has 4 unspecified atom stereocenters. The number of fused-ring (bicyclic) bond motifs is 4. The summed E-state index contributed by atoms with van der Waals surface area (Å²) in [5.74, 6) is 0.458. The van der Waals surface area contributed by atoms with E-state index in [1.165, 1.54) is 26.0 Å². The molecule has 240 valence electrons. The SMILES string of the molecule is COC(=O)c1cc(F)c(-c2cccc3c2OCN(C(=O)c2c(Cl)cc(N4CC5CCC5C4)cc2Cl)C3)cc1N1C2CCC1COC2. The summed E-state index contributed by atoms with van der Waals surface area (Å²) >= 11 is 13.4. The summed E-state index contributed by atoms with van der Waals surface area (Å²) in [5, 5.41) is 0.618. The number of carbonyl (C=O) groups is 2. The van der Waals surface area contributed by atoms with E-state index in [1.54, 1.807) is 17.0 Å². The average Bonchev–Trinajstić information content (AvgIpc) is 3.48. The third kappa shape index (κ3) is 4.90. The molecular formula is C35H34Cl2FN3O5. The van der Waals surface area contributed by atoms with Crippen LogP contribution in [0, 0.1) is 17.7 Å². The van der Waals surface area contributed by atoms with Crippen molar-refractivity contribution in [2.75, 3.05) is 49.9 Å². The molecule has 1 aliphatic carbocycles. The van der Waals surface area contributed by atoms with Gasteiger partial charge in [-0.25, -0.2) is 9.18 Å². The maximum absolute atomic E-state index is 15.9. The highest BCUT2D eigenvalue weighted by molar-refractivity contribution is 6.40. The highest BCUT2D eigenvalue weighted by Crippen LogP contribution is 2.45. The average molecular weight is 667 g/mol. The summed E-state index contributed by atoms with van der Waals surface area (Å²) in [6.45, 7) is 3.25. The lowest BCUT2D eigenvalue weighted by molar-refractivity contribution is 0.0515. The zero-order valence-electron chi connectivity index (χ0n) is 25.4. The van der Waals surface area contributed by atoms with Crippen LogP contribution in [-0.2, 0) is 16.0 Å². The van der Waals surface area contributed by atoms with Gasteiger partial charge in [-0.3, -0.25) is 4.79 Å². The summed E-state index contributed by atoms with van der Waals surface area (Å²) in [4.78, 5) is 32.6. The highest BCUT2D eigenvalue weighted by Gasteiger charge is 2.41. The maximum Gasteiger partial charge on any atom is 0.340 e. The van der Waals surface area contributed by atoms with E-state index in [4.69, 9.17) is 37.4 Å². The van der Waals surface area contributed by atoms with Crippen molar-refractivity contribution in [3.8, 4) is 16.9 Å². The second-order valence-electron chi connectivity index (χ2n) is 13.0. The number of hydrogen-bond acceptors (Lipinski definition) is 7. The molecule has 0 spiro atoms. The molecule has 8 nitrogen and oxygen atoms in total. The van der Waals surface area contributed by atoms with Gasteiger partial charge in [0.1, 0.15) is 11.6 Å². The normalized spacial score (nSPS) is 24.7. The van der Waals surface area contributed by atoms with Gasteiger partial charge in [0.15, 0.2) is 6.73 Å². The van der Waals surface area contributed by atoms with E-state index in [2.05, 4.69) is 9.80 Å². The van der Waals surface area contributed by atoms with Gasteiger partial charge in [-0.1, -0.05) is 41.4 Å². The fourth-order valence-electron chi connectivity index (χ4n) is 7.97. The lowest BCUT2D eigenvalue weighted by Crippen LogP contribution is -2.46. The number of hydrogen-bond donors (Lipinski definition) is 0. The molecule has 0 radical (unpaired) electrons. The van der Waals surface area contributed by atoms with Gasteiger partial charge in [-0.15, -0.1) is 0 Å². The first-order valence-electron chi connectivity index (χ1n) is 15.9. The zero-order valence-corrected chi connectivity index (χ0v) is 27.0. The van der Waals surface area contributed by atoms with Crippen molar-refractivity contribution in [2.45, 2.75) is 44.3 Å². The van der Waals surface area contributed by atoms with Crippen LogP contribution in [0.15, 0.2) is 42.5 Å². The minimum absolute atomic E-state index is 0.0604. The molecule has 3 aromatic rings. The van der Waals surface area contributed by atoms with Crippen molar-refractivity contribution < 1.29 is 28.2 Å². The smallest absolute Gasteiger partial charge is 0.340 e. The Labute approximate surface area is 276 Å². The van der Waals surface area contributed by atoms with Crippen LogP contribution in [0.3, 0.4) is 0 Å². The van der Waals surface area contributed by atoms with E-state index in [0.29, 0.717) is 45.8 Å². The Balaban J connectivity index is 1.09. The first-order valence-corrected chi connectivity index (χ1v) is 16.6. The van der Waals surface area contributed by atoms with Gasteiger partial charge in [0.05, 0.1) is 65.8 Å². The first-order chi connectivity index (χ1) is 22.3. The molecule has 4 heterocycles. The Morgan fingerprint density at radius 2 is 1.63 bits per heavy atom. The number of morpholine rings is 1. The Morgan fingerprint density at radius 1 is 0.935 bits per heavy atom. The van der Waals surface area contributed by atoms with Crippen molar-refractivity contribution in [1.29, 1.82) is 0 Å². The zero-order chi connectivity index (χ0) is 31.7. The van der Waals surface area contributed by atoms with Crippen LogP contribution in [0.5, 0.6) is 5.75 Å². The van der Waals surface area contributed by atoms with Gasteiger partial charge in [-0.05, 0) is 61.8 Å². The van der Waals surface area contributed by atoms with E-state index in [0.717, 1.165) is 49.0 Å². The molecule has 8 rings (SSSR count). The highest BCUT2D eigenvalue weighted by atomic mass is 35.5. The number of methoxy groups -OCH3 is 1. The van der Waals surface area contributed by atoms with Gasteiger partial charge < -0.3 is 28.9 Å². The molecule has 0 aromatic heterocycles. The lowest BCUT2D eigenvalue weighted by Gasteiger charge is -2.37. The van der Waals surface area contributed by atoms with Crippen LogP contribution in [0.4, 0.5) is 15.8 Å². The molecule has 3 aromatic carbocycles. The third-order valence-electron chi connectivity index (χ3n) is 10.5. The van der Waals surface area contributed by atoms with Gasteiger partial charge in [0.25, 0.3) is 5.91 Å². The molecule has 1 amide bonds. The predicted molar refractivity (Wildman–Crippen MR) is 174 cm³/mol. The Kier molecular flexibility index (Phi) is 7.54. The second kappa shape index (κ2) is 11.6. The molecule has 4 fully saturated rings. The van der Waals surface area contributed by atoms with Crippen molar-refractivity contribution >= 4 is 46.5 Å². The van der Waals surface area contributed by atoms with Crippen LogP contribution in [0.1, 0.15) is 52.0 Å². The largest absolute Gasteiger partial charge is 0.472 e. The summed E-state index contributed by atoms with van der Waals surface area (Å²) in [6.07, 6.45) is 4.39. The molecule has 3 saturated heterocycles. The van der Waals surface area contributed by atoms with Crippen molar-refractivity contribution in [3.63, 3.8) is 0 Å². The summed E-state index contributed by atoms with van der Waals surface area (Å²) in [6, 6.07) is 12.3. The van der Waals surface area contributed by atoms with E-state index in [1.807, 2.05) is 24.3 Å². The van der Waals surface area contributed by atoms with Gasteiger partial charge in [0.2, 0.25) is 0 Å². The molecule has 11 heteroatoms. The molecule has 46 heavy (non-hydrogen) atoms. The number of esters is 1. The van der Waals surface area contributed by atoms with E-state index in [9.17, 15) is 9.59 Å². The van der Waals surface area contributed by atoms with Crippen LogP contribution in [0.2, 0.25) is 10.0 Å². The number of rotatable bonds is 5. The summed E-state index contributed by atoms with van der Waals surface area (Å²) < 4.78 is 32.8. The van der Waals surface area contributed by atoms with Crippen molar-refractivity contribution in [2.24, 2.45) is 11.8 Å². The number of halogens is 3. The van der Waals surface area contributed by atoms with E-state index >= 15 is 4.39 Å². The molecule has 5 aliphatic rings. The summed E-state index contributed by atoms with van der Waals surface area (Å²) in [7, 11) is 1.30. The van der Waals surface area contributed by atoms with Crippen LogP contribution >= 0.6 is 23.2 Å². The lowest BCUT2D eigenvalue weighted by atomic mass is 9.77. The number of carbonyl (C=O) groups excluding carboxylic acids is 2. The summed E-state index contributed by atoms with van der Waals surface area (Å²) in [5.41, 5.74) is 3.56. The minimum Gasteiger partial charge on any atom is -0.472 e. The van der Waals surface area contributed by atoms with Crippen LogP contribution in [-0.4, -0.2) is 69.0 Å². The Morgan fingerprint density at radius 3 is 2.28 bits per heavy atom. The maximum atomic E-state index is 15.9. The first kappa shape index (κ1) is 29.8. The fraction of sp³-hybridized carbons (Fsp3) is 0.429. The number of ether oxygens (including phenoxy) is 3. The van der Waals surface area contributed by atoms with Gasteiger partial charge >= 0.3 is 5.97 Å². The number of nitrogens with zero attached hydrogens (tertiary/aromatic N) is 3. The molecule has 4 aliphatic heterocycles. The quantitative estimate of drug-likeness (QED) is 0.278. The molecule has 1 saturated carbocycles. The van der Waals surface area contributed by atoms with Crippen molar-refractivity contribution in [1.82, 2.24) is 4.90 Å². The fourth-order valence-corrected chi connectivity index (χ4v) is 8.61. The Hall–Kier alpha value is -3.53. The van der Waals surface area contributed by atoms with Crippen molar-refractivity contribution in [3.05, 3.63) is 75.0 Å². The predicted octanol–water partition coefficient (Wildman–Crippen LogP) is 6.79. The minimum atomic E-state index is -0.593. The van der Waals surface area contributed by atoms with Gasteiger partial charge in [-0.2, -0.15) is 0 Å². The van der Waals surface area contributed by atoms with E-state index < -0.39 is 11.8 Å². The Bertz CT molecular complexity index is 1700. The standard InChI is InChI=1S/C35H34Cl2FN3O5/c1-44-35(43)27-11-30(38)26(12-31(27)41-22-7-8-23(41)17-45-16-22)25-4-2-3-21-15-40(18-46-33(21)25)34(42)32-28(36)9-24(10-29(32)37)39-13-19-5-6-20(19)14-39/h2-4,9-12,19-20,22-23H,5-8,13-18H2,1H3. The number of amides is 1. The van der Waals surface area contributed by atoms with Crippen LogP contribution in [0.25, 0.3) is 11.1 Å². The molecular weight excluding hydrogens is 632 g/mol. The third-order valence-corrected chi connectivity index (χ3v) is 11.1. The number of benzene rings is 3. The second-order valence-corrected chi connectivity index (χ2v) is 13.8. The number of para-hydroxylation sites is 1. The molecule has 2 bridgehead atoms. The van der Waals surface area contributed by atoms with E-state index in [-0.39, 0.29) is 42.4 Å². The topological polar surface area (TPSA) is 71.6 Å². The van der Waals surface area contributed by atoms with Gasteiger partial charge in [0, 0.05) is 35.5 Å². The monoisotopic (exact) mass is 665 g/mol. The molecule has 4 atom stereocenters. The molecule has 0 N–H and O–H groups in total. The van der Waals surface area contributed by atoms with Crippen LogP contribution < -0.4 is 14.5 Å². The number of anilines is 2.